The first-order chi connectivity index (χ1) is 12.2. The van der Waals surface area contributed by atoms with Crippen LogP contribution in [0.25, 0.3) is 21.5 Å². The smallest absolute Gasteiger partial charge is 0.253 e. The normalized spacial score (nSPS) is 10.9. The molecule has 2 heterocycles. The molecule has 1 amide bonds. The summed E-state index contributed by atoms with van der Waals surface area (Å²) >= 11 is 7.40. The third-order valence-corrected chi connectivity index (χ3v) is 4.92. The van der Waals surface area contributed by atoms with E-state index in [1.807, 2.05) is 24.3 Å². The fraction of sp³-hybridized carbons (Fsp3) is 0.0556. The molecule has 4 aromatic rings. The van der Waals surface area contributed by atoms with Gasteiger partial charge in [-0.15, -0.1) is 11.3 Å². The summed E-state index contributed by atoms with van der Waals surface area (Å²) in [6.07, 6.45) is 1.78. The molecular weight excluding hydrogens is 356 g/mol. The van der Waals surface area contributed by atoms with E-state index in [4.69, 9.17) is 11.6 Å². The molecule has 0 atom stereocenters. The molecule has 0 radical (unpaired) electrons. The van der Waals surface area contributed by atoms with E-state index in [9.17, 15) is 4.79 Å². The third-order valence-electron chi connectivity index (χ3n) is 3.87. The molecule has 7 heteroatoms. The minimum Gasteiger partial charge on any atom is -0.348 e. The van der Waals surface area contributed by atoms with E-state index in [0.29, 0.717) is 22.6 Å². The Bertz CT molecular complexity index is 1030. The number of benzene rings is 2. The molecule has 0 spiro atoms. The van der Waals surface area contributed by atoms with Crippen molar-refractivity contribution >= 4 is 39.7 Å². The van der Waals surface area contributed by atoms with Crippen LogP contribution in [0.15, 0.2) is 54.2 Å². The number of para-hydroxylation sites is 1. The Labute approximate surface area is 152 Å². The van der Waals surface area contributed by atoms with Gasteiger partial charge in [-0.05, 0) is 23.8 Å². The SMILES string of the molecule is O=C(NCc1ccc(Cl)cc1)c1cccc2c(-c3cncs3)[nH]nc12. The predicted octanol–water partition coefficient (Wildman–Crippen LogP) is 4.27. The fourth-order valence-electron chi connectivity index (χ4n) is 2.63. The molecule has 124 valence electrons. The Morgan fingerprint density at radius 3 is 2.80 bits per heavy atom. The van der Waals surface area contributed by atoms with Gasteiger partial charge in [0.2, 0.25) is 0 Å². The standard InChI is InChI=1S/C18H13ClN4OS/c19-12-6-4-11(5-7-12)8-21-18(24)14-3-1-2-13-16(14)22-23-17(13)15-9-20-10-25-15/h1-7,9-10H,8H2,(H,21,24)(H,22,23). The molecule has 5 nitrogen and oxygen atoms in total. The van der Waals surface area contributed by atoms with E-state index in [-0.39, 0.29) is 5.91 Å². The summed E-state index contributed by atoms with van der Waals surface area (Å²) in [6.45, 7) is 0.429. The monoisotopic (exact) mass is 368 g/mol. The maximum atomic E-state index is 12.6. The molecular formula is C18H13ClN4OS. The molecule has 0 aliphatic carbocycles. The predicted molar refractivity (Wildman–Crippen MR) is 99.8 cm³/mol. The van der Waals surface area contributed by atoms with Crippen molar-refractivity contribution in [2.45, 2.75) is 6.54 Å². The Morgan fingerprint density at radius 1 is 1.20 bits per heavy atom. The van der Waals surface area contributed by atoms with Gasteiger partial charge in [-0.3, -0.25) is 14.9 Å². The van der Waals surface area contributed by atoms with Gasteiger partial charge in [-0.25, -0.2) is 0 Å². The number of rotatable bonds is 4. The number of amides is 1. The zero-order valence-electron chi connectivity index (χ0n) is 13.0. The van der Waals surface area contributed by atoms with Crippen LogP contribution in [-0.4, -0.2) is 21.1 Å². The van der Waals surface area contributed by atoms with E-state index < -0.39 is 0 Å². The van der Waals surface area contributed by atoms with E-state index in [2.05, 4.69) is 20.5 Å². The highest BCUT2D eigenvalue weighted by Gasteiger charge is 2.16. The van der Waals surface area contributed by atoms with Gasteiger partial charge in [-0.1, -0.05) is 35.9 Å². The maximum absolute atomic E-state index is 12.6. The van der Waals surface area contributed by atoms with E-state index in [1.54, 1.807) is 29.9 Å². The number of H-pyrrole nitrogens is 1. The van der Waals surface area contributed by atoms with Gasteiger partial charge >= 0.3 is 0 Å². The molecule has 2 aromatic heterocycles. The number of carbonyl (C=O) groups is 1. The Hall–Kier alpha value is -2.70. The van der Waals surface area contributed by atoms with Crippen LogP contribution in [0.1, 0.15) is 15.9 Å². The topological polar surface area (TPSA) is 70.7 Å². The van der Waals surface area contributed by atoms with Crippen LogP contribution in [0, 0.1) is 0 Å². The van der Waals surface area contributed by atoms with Crippen LogP contribution >= 0.6 is 22.9 Å². The molecule has 2 N–H and O–H groups in total. The molecule has 4 rings (SSSR count). The zero-order chi connectivity index (χ0) is 17.2. The zero-order valence-corrected chi connectivity index (χ0v) is 14.6. The summed E-state index contributed by atoms with van der Waals surface area (Å²) < 4.78 is 0. The average Bonchev–Trinajstić information content (AvgIpc) is 3.29. The van der Waals surface area contributed by atoms with Gasteiger partial charge in [0.05, 0.1) is 21.6 Å². The van der Waals surface area contributed by atoms with Crippen molar-refractivity contribution in [3.8, 4) is 10.6 Å². The number of fused-ring (bicyclic) bond motifs is 1. The number of nitrogens with one attached hydrogen (secondary N) is 2. The van der Waals surface area contributed by atoms with Crippen molar-refractivity contribution in [2.24, 2.45) is 0 Å². The van der Waals surface area contributed by atoms with Gasteiger partial charge in [0.15, 0.2) is 0 Å². The Morgan fingerprint density at radius 2 is 2.04 bits per heavy atom. The lowest BCUT2D eigenvalue weighted by atomic mass is 10.1. The largest absolute Gasteiger partial charge is 0.348 e. The maximum Gasteiger partial charge on any atom is 0.253 e. The van der Waals surface area contributed by atoms with Crippen molar-refractivity contribution in [2.75, 3.05) is 0 Å². The van der Waals surface area contributed by atoms with Gasteiger partial charge in [0.25, 0.3) is 5.91 Å². The second kappa shape index (κ2) is 6.66. The minimum absolute atomic E-state index is 0.164. The number of halogens is 1. The lowest BCUT2D eigenvalue weighted by Crippen LogP contribution is -2.23. The summed E-state index contributed by atoms with van der Waals surface area (Å²) in [5.74, 6) is -0.164. The average molecular weight is 369 g/mol. The molecule has 0 saturated heterocycles. The summed E-state index contributed by atoms with van der Waals surface area (Å²) in [6, 6.07) is 13.0. The molecule has 0 aliphatic heterocycles. The lowest BCUT2D eigenvalue weighted by molar-refractivity contribution is 0.0952. The molecule has 25 heavy (non-hydrogen) atoms. The first-order valence-electron chi connectivity index (χ1n) is 7.61. The number of aromatic amines is 1. The quantitative estimate of drug-likeness (QED) is 0.565. The van der Waals surface area contributed by atoms with Gasteiger partial charge in [0, 0.05) is 23.2 Å². The Balaban J connectivity index is 1.60. The fourth-order valence-corrected chi connectivity index (χ4v) is 3.38. The number of hydrogen-bond donors (Lipinski definition) is 2. The minimum atomic E-state index is -0.164. The van der Waals surface area contributed by atoms with Crippen LogP contribution < -0.4 is 5.32 Å². The molecule has 0 fully saturated rings. The van der Waals surface area contributed by atoms with E-state index in [1.165, 1.54) is 11.3 Å². The number of thiazole rings is 1. The van der Waals surface area contributed by atoms with E-state index >= 15 is 0 Å². The molecule has 0 aliphatic rings. The van der Waals surface area contributed by atoms with Crippen LogP contribution in [0.3, 0.4) is 0 Å². The van der Waals surface area contributed by atoms with Gasteiger partial charge < -0.3 is 5.32 Å². The van der Waals surface area contributed by atoms with Gasteiger partial charge in [0.1, 0.15) is 5.52 Å². The van der Waals surface area contributed by atoms with Crippen molar-refractivity contribution in [1.82, 2.24) is 20.5 Å². The number of nitrogens with zero attached hydrogens (tertiary/aromatic N) is 2. The number of hydrogen-bond acceptors (Lipinski definition) is 4. The highest BCUT2D eigenvalue weighted by atomic mass is 35.5. The van der Waals surface area contributed by atoms with Crippen molar-refractivity contribution in [3.05, 3.63) is 70.3 Å². The molecule has 2 aromatic carbocycles. The highest BCUT2D eigenvalue weighted by molar-refractivity contribution is 7.13. The molecule has 0 unspecified atom stereocenters. The first-order valence-corrected chi connectivity index (χ1v) is 8.87. The van der Waals surface area contributed by atoms with E-state index in [0.717, 1.165) is 21.5 Å². The van der Waals surface area contributed by atoms with Crippen LogP contribution in [-0.2, 0) is 6.54 Å². The van der Waals surface area contributed by atoms with Crippen LogP contribution in [0.5, 0.6) is 0 Å². The lowest BCUT2D eigenvalue weighted by Gasteiger charge is -2.06. The van der Waals surface area contributed by atoms with Crippen LogP contribution in [0.2, 0.25) is 5.02 Å². The number of carbonyl (C=O) groups excluding carboxylic acids is 1. The van der Waals surface area contributed by atoms with Gasteiger partial charge in [-0.2, -0.15) is 5.10 Å². The summed E-state index contributed by atoms with van der Waals surface area (Å²) in [7, 11) is 0. The third kappa shape index (κ3) is 3.14. The van der Waals surface area contributed by atoms with Crippen molar-refractivity contribution in [1.29, 1.82) is 0 Å². The Kier molecular flexibility index (Phi) is 4.21. The summed E-state index contributed by atoms with van der Waals surface area (Å²) in [5, 5.41) is 11.9. The summed E-state index contributed by atoms with van der Waals surface area (Å²) in [5.41, 5.74) is 4.82. The second-order valence-electron chi connectivity index (χ2n) is 5.48. The van der Waals surface area contributed by atoms with Crippen molar-refractivity contribution in [3.63, 3.8) is 0 Å². The summed E-state index contributed by atoms with van der Waals surface area (Å²) in [4.78, 5) is 17.7. The van der Waals surface area contributed by atoms with Crippen LogP contribution in [0.4, 0.5) is 0 Å². The molecule has 0 saturated carbocycles. The van der Waals surface area contributed by atoms with Crippen molar-refractivity contribution < 1.29 is 4.79 Å². The first kappa shape index (κ1) is 15.8. The highest BCUT2D eigenvalue weighted by Crippen LogP contribution is 2.30. The molecule has 0 bridgehead atoms. The number of aromatic nitrogens is 3. The second-order valence-corrected chi connectivity index (χ2v) is 6.80.